The largest absolute Gasteiger partial charge is 0.493 e. The van der Waals surface area contributed by atoms with Crippen LogP contribution in [-0.4, -0.2) is 54.6 Å². The van der Waals surface area contributed by atoms with Crippen molar-refractivity contribution in [3.63, 3.8) is 0 Å². The summed E-state index contributed by atoms with van der Waals surface area (Å²) in [4.78, 5) is 17.1. The summed E-state index contributed by atoms with van der Waals surface area (Å²) in [6, 6.07) is 2.13. The van der Waals surface area contributed by atoms with Crippen molar-refractivity contribution in [2.24, 2.45) is 5.92 Å². The van der Waals surface area contributed by atoms with Crippen LogP contribution in [0.1, 0.15) is 37.1 Å². The molecule has 1 aliphatic heterocycles. The lowest BCUT2D eigenvalue weighted by molar-refractivity contribution is -0.272. The van der Waals surface area contributed by atoms with E-state index in [0.29, 0.717) is 6.07 Å². The first-order valence-corrected chi connectivity index (χ1v) is 10.8. The fraction of sp³-hybridized carbons (Fsp3) is 0.478. The second kappa shape index (κ2) is 10.2. The second-order valence-electron chi connectivity index (χ2n) is 8.54. The quantitative estimate of drug-likeness (QED) is 0.480. The number of aromatic nitrogens is 1. The number of carbonyl (C=O) groups excluding carboxylic acids is 1. The van der Waals surface area contributed by atoms with E-state index >= 15 is 0 Å². The molecule has 1 fully saturated rings. The number of hydrogen-bond donors (Lipinski definition) is 3. The van der Waals surface area contributed by atoms with Gasteiger partial charge < -0.3 is 25.2 Å². The molecule has 3 rings (SSSR count). The van der Waals surface area contributed by atoms with Gasteiger partial charge >= 0.3 is 6.18 Å². The number of hydrogen-bond acceptors (Lipinski definition) is 6. The number of alkyl halides is 3. The molecule has 0 aliphatic carbocycles. The van der Waals surface area contributed by atoms with Crippen LogP contribution in [-0.2, 0) is 9.53 Å². The van der Waals surface area contributed by atoms with E-state index in [0.717, 1.165) is 39.3 Å². The number of benzene rings is 1. The van der Waals surface area contributed by atoms with Crippen molar-refractivity contribution in [1.82, 2.24) is 10.3 Å². The minimum atomic E-state index is -4.94. The molecule has 198 valence electrons. The van der Waals surface area contributed by atoms with Crippen LogP contribution in [0.2, 0.25) is 0 Å². The first-order chi connectivity index (χ1) is 16.8. The van der Waals surface area contributed by atoms with Crippen molar-refractivity contribution in [1.29, 1.82) is 0 Å². The molecule has 0 radical (unpaired) electrons. The minimum absolute atomic E-state index is 0.149. The van der Waals surface area contributed by atoms with Crippen LogP contribution >= 0.6 is 0 Å². The number of nitrogens with one attached hydrogen (secondary N) is 2. The third kappa shape index (κ3) is 4.74. The van der Waals surface area contributed by atoms with E-state index < -0.39 is 77.2 Å². The Labute approximate surface area is 202 Å². The van der Waals surface area contributed by atoms with E-state index in [2.05, 4.69) is 15.6 Å². The van der Waals surface area contributed by atoms with Gasteiger partial charge in [-0.05, 0) is 26.1 Å². The summed E-state index contributed by atoms with van der Waals surface area (Å²) in [6.07, 6.45) is -6.06. The average molecular weight is 521 g/mol. The van der Waals surface area contributed by atoms with Gasteiger partial charge in [-0.2, -0.15) is 17.6 Å². The Morgan fingerprint density at radius 2 is 1.94 bits per heavy atom. The molecule has 0 spiro atoms. The van der Waals surface area contributed by atoms with Gasteiger partial charge in [0.15, 0.2) is 23.0 Å². The molecule has 0 bridgehead atoms. The van der Waals surface area contributed by atoms with Gasteiger partial charge in [0.2, 0.25) is 5.82 Å². The summed E-state index contributed by atoms with van der Waals surface area (Å²) in [6.45, 7) is 1.50. The van der Waals surface area contributed by atoms with E-state index in [4.69, 9.17) is 9.47 Å². The molecule has 1 amide bonds. The van der Waals surface area contributed by atoms with Gasteiger partial charge in [0.25, 0.3) is 5.91 Å². The number of rotatable bonds is 7. The maximum atomic E-state index is 14.5. The third-order valence-electron chi connectivity index (χ3n) is 6.59. The highest BCUT2D eigenvalue weighted by atomic mass is 19.4. The van der Waals surface area contributed by atoms with Gasteiger partial charge in [-0.1, -0.05) is 13.0 Å². The molecule has 36 heavy (non-hydrogen) atoms. The van der Waals surface area contributed by atoms with Crippen LogP contribution in [0.4, 0.5) is 32.0 Å². The number of amides is 1. The molecule has 1 aromatic carbocycles. The summed E-state index contributed by atoms with van der Waals surface area (Å²) in [5.41, 5.74) is -3.35. The van der Waals surface area contributed by atoms with E-state index in [9.17, 15) is 36.2 Å². The lowest BCUT2D eigenvalue weighted by Crippen LogP contribution is -2.47. The topological polar surface area (TPSA) is 92.7 Å². The lowest BCUT2D eigenvalue weighted by atomic mass is 9.77. The van der Waals surface area contributed by atoms with Crippen molar-refractivity contribution in [2.75, 3.05) is 26.1 Å². The Bertz CT molecular complexity index is 1130. The highest BCUT2D eigenvalue weighted by Crippen LogP contribution is 2.55. The van der Waals surface area contributed by atoms with E-state index in [1.807, 2.05) is 0 Å². The average Bonchev–Trinajstić information content (AvgIpc) is 3.10. The Balaban J connectivity index is 2.08. The predicted molar refractivity (Wildman–Crippen MR) is 116 cm³/mol. The zero-order valence-electron chi connectivity index (χ0n) is 19.7. The fourth-order valence-electron chi connectivity index (χ4n) is 4.32. The van der Waals surface area contributed by atoms with Crippen LogP contribution in [0.15, 0.2) is 24.4 Å². The molecule has 2 aromatic rings. The molecular weight excluding hydrogens is 496 g/mol. The molecule has 1 aromatic heterocycles. The van der Waals surface area contributed by atoms with Crippen LogP contribution in [0.5, 0.6) is 5.75 Å². The fourth-order valence-corrected chi connectivity index (χ4v) is 4.32. The molecule has 1 saturated heterocycles. The highest BCUT2D eigenvalue weighted by molar-refractivity contribution is 5.95. The predicted octanol–water partition coefficient (Wildman–Crippen LogP) is 3.84. The Morgan fingerprint density at radius 3 is 2.50 bits per heavy atom. The Kier molecular flexibility index (Phi) is 7.86. The summed E-state index contributed by atoms with van der Waals surface area (Å²) < 4.78 is 95.0. The zero-order valence-corrected chi connectivity index (χ0v) is 19.7. The van der Waals surface area contributed by atoms with Crippen molar-refractivity contribution < 1.29 is 45.7 Å². The lowest BCUT2D eigenvalue weighted by Gasteiger charge is -2.32. The van der Waals surface area contributed by atoms with Crippen molar-refractivity contribution in [2.45, 2.75) is 43.7 Å². The maximum Gasteiger partial charge on any atom is 0.417 e. The highest BCUT2D eigenvalue weighted by Gasteiger charge is 2.66. The number of methoxy groups -OCH3 is 1. The van der Waals surface area contributed by atoms with Gasteiger partial charge in [-0.25, -0.2) is 8.78 Å². The minimum Gasteiger partial charge on any atom is -0.493 e. The van der Waals surface area contributed by atoms with Crippen LogP contribution in [0.25, 0.3) is 0 Å². The van der Waals surface area contributed by atoms with Gasteiger partial charge in [0.1, 0.15) is 6.10 Å². The van der Waals surface area contributed by atoms with Gasteiger partial charge in [-0.15, -0.1) is 0 Å². The number of aliphatic hydroxyl groups excluding tert-OH is 1. The number of likely N-dealkylation sites (N-methyl/N-ethyl adjacent to an activating group) is 1. The van der Waals surface area contributed by atoms with Crippen molar-refractivity contribution in [3.8, 4) is 5.75 Å². The van der Waals surface area contributed by atoms with E-state index in [-0.39, 0.29) is 11.3 Å². The molecule has 0 unspecified atom stereocenters. The number of halogens is 6. The summed E-state index contributed by atoms with van der Waals surface area (Å²) in [5.74, 6) is -8.47. The molecule has 0 saturated carbocycles. The van der Waals surface area contributed by atoms with E-state index in [1.165, 1.54) is 7.05 Å². The van der Waals surface area contributed by atoms with Crippen molar-refractivity contribution >= 4 is 11.6 Å². The molecule has 2 heterocycles. The van der Waals surface area contributed by atoms with Gasteiger partial charge in [0.05, 0.1) is 37.3 Å². The Morgan fingerprint density at radius 1 is 1.28 bits per heavy atom. The van der Waals surface area contributed by atoms with Gasteiger partial charge in [-0.3, -0.25) is 9.78 Å². The van der Waals surface area contributed by atoms with Crippen LogP contribution in [0, 0.1) is 23.4 Å². The van der Waals surface area contributed by atoms with Crippen LogP contribution < -0.4 is 15.4 Å². The molecule has 13 heteroatoms. The third-order valence-corrected chi connectivity index (χ3v) is 6.59. The number of pyridine rings is 1. The molecule has 1 aliphatic rings. The summed E-state index contributed by atoms with van der Waals surface area (Å²) in [7, 11) is 2.52. The van der Waals surface area contributed by atoms with Gasteiger partial charge in [0, 0.05) is 17.4 Å². The monoisotopic (exact) mass is 521 g/mol. The number of nitrogens with zero attached hydrogens (tertiary/aromatic N) is 1. The maximum absolute atomic E-state index is 14.5. The normalized spacial score (nSPS) is 25.0. The number of carbonyl (C=O) groups is 1. The molecular formula is C23H25F6N3O4. The number of anilines is 1. The SMILES string of the molecule is CN[C@H](CO)c1cc(NC(=O)[C@@H]2O[C@@](C)(C(F)(F)F)[C@@H](C)[C@H]2c2ccc(F)c(F)c2OC)c(F)cn1. The standard InChI is InChI=1S/C23H25F6N3O4/c1-10-17(11-5-6-12(24)18(26)19(11)35-4)20(36-22(10,2)23(27,28)29)21(34)32-14-7-15(16(9-33)30-3)31-8-13(14)25/h5-8,10,16-17,20,30,33H,9H2,1-4H3,(H,31,32,34)/t10-,16+,17-,20+,22+/m0/s1. The zero-order chi connectivity index (χ0) is 27.0. The smallest absolute Gasteiger partial charge is 0.417 e. The first kappa shape index (κ1) is 27.7. The second-order valence-corrected chi connectivity index (χ2v) is 8.54. The first-order valence-electron chi connectivity index (χ1n) is 10.8. The van der Waals surface area contributed by atoms with Crippen LogP contribution in [0.3, 0.4) is 0 Å². The number of ether oxygens (including phenoxy) is 2. The van der Waals surface area contributed by atoms with Crippen molar-refractivity contribution in [3.05, 3.63) is 53.1 Å². The number of aliphatic hydroxyl groups is 1. The Hall–Kier alpha value is -2.90. The molecule has 5 atom stereocenters. The summed E-state index contributed by atoms with van der Waals surface area (Å²) >= 11 is 0. The molecule has 3 N–H and O–H groups in total. The summed E-state index contributed by atoms with van der Waals surface area (Å²) in [5, 5.41) is 14.4. The van der Waals surface area contributed by atoms with E-state index in [1.54, 1.807) is 0 Å². The molecule has 7 nitrogen and oxygen atoms in total.